The Labute approximate surface area is 102 Å². The van der Waals surface area contributed by atoms with E-state index < -0.39 is 22.9 Å². The molecule has 0 aliphatic heterocycles. The topological polar surface area (TPSA) is 53.8 Å². The molecular formula is C8H2ClF2IN2O. The van der Waals surface area contributed by atoms with Crippen molar-refractivity contribution >= 4 is 39.4 Å². The van der Waals surface area contributed by atoms with Gasteiger partial charge < -0.3 is 0 Å². The molecular weight excluding hydrogens is 340 g/mol. The van der Waals surface area contributed by atoms with Crippen LogP contribution in [-0.2, 0) is 0 Å². The quantitative estimate of drug-likeness (QED) is 0.613. The molecule has 3 nitrogen and oxygen atoms in total. The fraction of sp³-hybridized carbons (Fsp3) is 0.125. The molecule has 0 atom stereocenters. The van der Waals surface area contributed by atoms with E-state index in [1.807, 2.05) is 0 Å². The zero-order chi connectivity index (χ0) is 11.6. The molecule has 0 radical (unpaired) electrons. The van der Waals surface area contributed by atoms with Gasteiger partial charge in [-0.15, -0.1) is 0 Å². The number of pyridine rings is 1. The van der Waals surface area contributed by atoms with Gasteiger partial charge in [-0.25, -0.2) is 13.8 Å². The van der Waals surface area contributed by atoms with Crippen molar-refractivity contribution in [2.45, 2.75) is 6.43 Å². The lowest BCUT2D eigenvalue weighted by molar-refractivity contribution is 0.107. The number of hydrogen-bond donors (Lipinski definition) is 0. The summed E-state index contributed by atoms with van der Waals surface area (Å²) in [4.78, 5) is 14.2. The van der Waals surface area contributed by atoms with Crippen LogP contribution >= 0.6 is 34.2 Å². The predicted molar refractivity (Wildman–Crippen MR) is 56.8 cm³/mol. The molecule has 1 rings (SSSR count). The number of aromatic nitrogens is 1. The van der Waals surface area contributed by atoms with Crippen molar-refractivity contribution in [3.8, 4) is 6.07 Å². The number of nitrogens with zero attached hydrogens (tertiary/aromatic N) is 2. The van der Waals surface area contributed by atoms with Crippen LogP contribution in [-0.4, -0.2) is 10.2 Å². The highest BCUT2D eigenvalue weighted by Crippen LogP contribution is 2.27. The lowest BCUT2D eigenvalue weighted by Gasteiger charge is -2.05. The van der Waals surface area contributed by atoms with Crippen LogP contribution in [0.15, 0.2) is 6.07 Å². The Morgan fingerprint density at radius 2 is 2.27 bits per heavy atom. The van der Waals surface area contributed by atoms with E-state index in [-0.39, 0.29) is 9.26 Å². The minimum absolute atomic E-state index is 0.0955. The number of nitriles is 1. The molecule has 0 aliphatic rings. The van der Waals surface area contributed by atoms with Gasteiger partial charge in [0.15, 0.2) is 5.69 Å². The molecule has 0 saturated carbocycles. The van der Waals surface area contributed by atoms with E-state index in [9.17, 15) is 13.6 Å². The minimum atomic E-state index is -2.81. The highest BCUT2D eigenvalue weighted by Gasteiger charge is 2.20. The van der Waals surface area contributed by atoms with Crippen LogP contribution in [0.25, 0.3) is 0 Å². The average Bonchev–Trinajstić information content (AvgIpc) is 2.15. The second kappa shape index (κ2) is 4.81. The maximum absolute atomic E-state index is 12.5. The number of alkyl halides is 2. The second-order valence-electron chi connectivity index (χ2n) is 2.44. The van der Waals surface area contributed by atoms with Crippen molar-refractivity contribution in [1.82, 2.24) is 4.98 Å². The van der Waals surface area contributed by atoms with Crippen molar-refractivity contribution in [1.29, 1.82) is 5.26 Å². The largest absolute Gasteiger partial charge is 0.274 e. The molecule has 0 amide bonds. The minimum Gasteiger partial charge on any atom is -0.274 e. The van der Waals surface area contributed by atoms with Gasteiger partial charge in [0.25, 0.3) is 11.7 Å². The summed E-state index contributed by atoms with van der Waals surface area (Å²) in [6, 6.07) is 2.63. The Morgan fingerprint density at radius 3 is 2.67 bits per heavy atom. The van der Waals surface area contributed by atoms with E-state index in [2.05, 4.69) is 4.98 Å². The molecule has 0 fully saturated rings. The molecule has 0 unspecified atom stereocenters. The monoisotopic (exact) mass is 342 g/mol. The van der Waals surface area contributed by atoms with Crippen LogP contribution in [0.3, 0.4) is 0 Å². The highest BCUT2D eigenvalue weighted by atomic mass is 127. The van der Waals surface area contributed by atoms with Crippen LogP contribution in [0.2, 0.25) is 0 Å². The number of halogens is 4. The normalized spacial score (nSPS) is 10.1. The second-order valence-corrected chi connectivity index (χ2v) is 3.94. The summed E-state index contributed by atoms with van der Waals surface area (Å²) in [5.74, 6) is 0. The Balaban J connectivity index is 3.46. The average molecular weight is 342 g/mol. The molecule has 0 aliphatic carbocycles. The first kappa shape index (κ1) is 12.3. The molecule has 15 heavy (non-hydrogen) atoms. The first-order chi connectivity index (χ1) is 6.97. The van der Waals surface area contributed by atoms with Gasteiger partial charge in [-0.2, -0.15) is 5.26 Å². The van der Waals surface area contributed by atoms with Crippen LogP contribution in [0.4, 0.5) is 8.78 Å². The Kier molecular flexibility index (Phi) is 3.93. The van der Waals surface area contributed by atoms with Crippen molar-refractivity contribution in [3.05, 3.63) is 26.6 Å². The van der Waals surface area contributed by atoms with E-state index in [0.717, 1.165) is 6.07 Å². The number of carbonyl (C=O) groups excluding carboxylic acids is 1. The van der Waals surface area contributed by atoms with Gasteiger partial charge in [-0.1, -0.05) is 0 Å². The van der Waals surface area contributed by atoms with E-state index in [1.165, 1.54) is 6.07 Å². The highest BCUT2D eigenvalue weighted by molar-refractivity contribution is 14.1. The first-order valence-corrected chi connectivity index (χ1v) is 5.01. The van der Waals surface area contributed by atoms with Gasteiger partial charge in [-0.3, -0.25) is 4.79 Å². The van der Waals surface area contributed by atoms with E-state index in [4.69, 9.17) is 16.9 Å². The lowest BCUT2D eigenvalue weighted by Crippen LogP contribution is -2.04. The Morgan fingerprint density at radius 1 is 1.67 bits per heavy atom. The van der Waals surface area contributed by atoms with Crippen LogP contribution in [0, 0.1) is 14.9 Å². The smallest absolute Gasteiger partial charge is 0.270 e. The molecule has 1 heterocycles. The molecule has 0 bridgehead atoms. The summed E-state index contributed by atoms with van der Waals surface area (Å²) in [6.07, 6.45) is -2.81. The van der Waals surface area contributed by atoms with E-state index >= 15 is 0 Å². The fourth-order valence-corrected chi connectivity index (χ4v) is 1.80. The van der Waals surface area contributed by atoms with Crippen molar-refractivity contribution in [3.63, 3.8) is 0 Å². The lowest BCUT2D eigenvalue weighted by atomic mass is 10.2. The third-order valence-corrected chi connectivity index (χ3v) is 2.62. The predicted octanol–water partition coefficient (Wildman–Crippen LogP) is 2.87. The molecule has 0 aromatic carbocycles. The van der Waals surface area contributed by atoms with Crippen molar-refractivity contribution < 1.29 is 13.6 Å². The summed E-state index contributed by atoms with van der Waals surface area (Å²) in [6.45, 7) is 0. The summed E-state index contributed by atoms with van der Waals surface area (Å²) in [5.41, 5.74) is -1.15. The van der Waals surface area contributed by atoms with Crippen molar-refractivity contribution in [2.24, 2.45) is 0 Å². The first-order valence-electron chi connectivity index (χ1n) is 3.56. The maximum Gasteiger partial charge on any atom is 0.270 e. The van der Waals surface area contributed by atoms with Gasteiger partial charge >= 0.3 is 0 Å². The summed E-state index contributed by atoms with van der Waals surface area (Å²) < 4.78 is 25.1. The van der Waals surface area contributed by atoms with Gasteiger partial charge in [0, 0.05) is 3.57 Å². The van der Waals surface area contributed by atoms with Gasteiger partial charge in [0.1, 0.15) is 11.8 Å². The zero-order valence-electron chi connectivity index (χ0n) is 6.97. The van der Waals surface area contributed by atoms with Gasteiger partial charge in [-0.05, 0) is 40.3 Å². The third-order valence-electron chi connectivity index (χ3n) is 1.53. The van der Waals surface area contributed by atoms with Crippen LogP contribution < -0.4 is 0 Å². The van der Waals surface area contributed by atoms with E-state index in [0.29, 0.717) is 0 Å². The number of hydrogen-bond acceptors (Lipinski definition) is 3. The molecule has 1 aromatic heterocycles. The molecule has 1 aromatic rings. The zero-order valence-corrected chi connectivity index (χ0v) is 9.88. The molecule has 78 valence electrons. The van der Waals surface area contributed by atoms with Crippen molar-refractivity contribution in [2.75, 3.05) is 0 Å². The SMILES string of the molecule is N#Cc1nc(C(=O)Cl)cc(I)c1C(F)F. The fourth-order valence-electron chi connectivity index (χ4n) is 0.917. The number of rotatable bonds is 2. The van der Waals surface area contributed by atoms with Gasteiger partial charge in [0.2, 0.25) is 0 Å². The van der Waals surface area contributed by atoms with Gasteiger partial charge in [0.05, 0.1) is 5.56 Å². The van der Waals surface area contributed by atoms with Crippen LogP contribution in [0.1, 0.15) is 28.2 Å². The standard InChI is InChI=1S/C8H2ClF2IN2O/c9-7(15)4-1-3(12)6(8(10)11)5(2-13)14-4/h1,8H. The molecule has 0 spiro atoms. The molecule has 7 heteroatoms. The molecule has 0 N–H and O–H groups in total. The maximum atomic E-state index is 12.5. The van der Waals surface area contributed by atoms with E-state index in [1.54, 1.807) is 22.6 Å². The van der Waals surface area contributed by atoms with Crippen LogP contribution in [0.5, 0.6) is 0 Å². The number of carbonyl (C=O) groups is 1. The Hall–Kier alpha value is -0.810. The summed E-state index contributed by atoms with van der Waals surface area (Å²) in [5, 5.41) is 7.71. The third kappa shape index (κ3) is 2.60. The summed E-state index contributed by atoms with van der Waals surface area (Å²) >= 11 is 6.74. The Bertz CT molecular complexity index is 459. The summed E-state index contributed by atoms with van der Waals surface area (Å²) in [7, 11) is 0. The molecule has 0 saturated heterocycles.